The molecule has 210 valence electrons. The lowest BCUT2D eigenvalue weighted by molar-refractivity contribution is -0.137. The highest BCUT2D eigenvalue weighted by Gasteiger charge is 2.36. The number of hydrogen-bond donors (Lipinski definition) is 1. The maximum Gasteiger partial charge on any atom is 0.488 e. The van der Waals surface area contributed by atoms with Crippen molar-refractivity contribution >= 4 is 43.3 Å². The Morgan fingerprint density at radius 3 is 2.49 bits per heavy atom. The van der Waals surface area contributed by atoms with Crippen molar-refractivity contribution in [3.05, 3.63) is 70.1 Å². The number of benzene rings is 2. The van der Waals surface area contributed by atoms with E-state index in [2.05, 4.69) is 14.2 Å². The van der Waals surface area contributed by atoms with E-state index in [-0.39, 0.29) is 33.5 Å². The van der Waals surface area contributed by atoms with Gasteiger partial charge in [0.05, 0.1) is 34.3 Å². The van der Waals surface area contributed by atoms with Crippen LogP contribution in [0, 0.1) is 11.3 Å². The van der Waals surface area contributed by atoms with Crippen LogP contribution in [0.25, 0.3) is 44.0 Å². The first-order valence-corrected chi connectivity index (χ1v) is 14.0. The number of halogens is 4. The van der Waals surface area contributed by atoms with Crippen LogP contribution < -0.4 is 9.61 Å². The van der Waals surface area contributed by atoms with E-state index in [1.165, 1.54) is 6.07 Å². The second-order valence-electron chi connectivity index (χ2n) is 10.0. The van der Waals surface area contributed by atoms with Crippen molar-refractivity contribution in [2.75, 3.05) is 0 Å². The molecule has 13 heteroatoms. The minimum Gasteiger partial charge on any atom is -0.357 e. The molecule has 1 aliphatic rings. The van der Waals surface area contributed by atoms with Crippen molar-refractivity contribution < 1.29 is 29.7 Å². The van der Waals surface area contributed by atoms with Crippen LogP contribution in [0.2, 0.25) is 0 Å². The van der Waals surface area contributed by atoms with E-state index in [9.17, 15) is 35.5 Å². The van der Waals surface area contributed by atoms with Gasteiger partial charge in [0, 0.05) is 34.1 Å². The smallest absolute Gasteiger partial charge is 0.357 e. The summed E-state index contributed by atoms with van der Waals surface area (Å²) in [6, 6.07) is 9.65. The predicted molar refractivity (Wildman–Crippen MR) is 143 cm³/mol. The summed E-state index contributed by atoms with van der Waals surface area (Å²) in [5.41, 5.74) is -0.772. The molecule has 0 bridgehead atoms. The Morgan fingerprint density at radius 1 is 1.05 bits per heavy atom. The van der Waals surface area contributed by atoms with Gasteiger partial charge in [0.15, 0.2) is 11.2 Å². The third kappa shape index (κ3) is 4.78. The summed E-state index contributed by atoms with van der Waals surface area (Å²) in [6.07, 6.45) is 1.29. The van der Waals surface area contributed by atoms with Gasteiger partial charge in [0.25, 0.3) is 0 Å². The Morgan fingerprint density at radius 2 is 1.80 bits per heavy atom. The maximum atomic E-state index is 14.5. The van der Waals surface area contributed by atoms with Crippen molar-refractivity contribution in [3.8, 4) is 22.9 Å². The van der Waals surface area contributed by atoms with E-state index in [1.54, 1.807) is 18.2 Å². The third-order valence-corrected chi connectivity index (χ3v) is 7.87. The van der Waals surface area contributed by atoms with Gasteiger partial charge in [0.2, 0.25) is 0 Å². The highest BCUT2D eigenvalue weighted by molar-refractivity contribution is 7.81. The normalized spacial score (nSPS) is 15.0. The molecular formula is C28H20F4N4O4S. The van der Waals surface area contributed by atoms with E-state index >= 15 is 0 Å². The first-order chi connectivity index (χ1) is 19.4. The summed E-state index contributed by atoms with van der Waals surface area (Å²) in [5.74, 6) is -0.609. The molecule has 0 spiro atoms. The number of pyridine rings is 2. The molecule has 1 aliphatic carbocycles. The Labute approximate surface area is 230 Å². The molecule has 0 aliphatic heterocycles. The molecule has 0 unspecified atom stereocenters. The molecule has 3 heterocycles. The molecule has 0 atom stereocenters. The van der Waals surface area contributed by atoms with Crippen LogP contribution >= 0.6 is 0 Å². The maximum absolute atomic E-state index is 14.5. The van der Waals surface area contributed by atoms with E-state index < -0.39 is 33.4 Å². The summed E-state index contributed by atoms with van der Waals surface area (Å²) in [5, 5.41) is 9.94. The van der Waals surface area contributed by atoms with Gasteiger partial charge in [-0.2, -0.15) is 26.9 Å². The number of aromatic amines is 1. The van der Waals surface area contributed by atoms with Crippen molar-refractivity contribution in [2.45, 2.75) is 44.3 Å². The molecule has 5 aromatic rings. The largest absolute Gasteiger partial charge is 0.488 e. The van der Waals surface area contributed by atoms with Gasteiger partial charge in [0.1, 0.15) is 5.65 Å². The van der Waals surface area contributed by atoms with Gasteiger partial charge < -0.3 is 13.7 Å². The van der Waals surface area contributed by atoms with E-state index in [4.69, 9.17) is 0 Å². The highest BCUT2D eigenvalue weighted by Crippen LogP contribution is 2.42. The molecule has 0 saturated heterocycles. The number of rotatable bonds is 4. The van der Waals surface area contributed by atoms with E-state index in [0.717, 1.165) is 56.6 Å². The fourth-order valence-corrected chi connectivity index (χ4v) is 6.13. The number of nitriles is 1. The molecule has 0 radical (unpaired) electrons. The van der Waals surface area contributed by atoms with Crippen molar-refractivity contribution in [1.82, 2.24) is 14.5 Å². The second kappa shape index (κ2) is 9.59. The van der Waals surface area contributed by atoms with Crippen molar-refractivity contribution in [2.24, 2.45) is 0 Å². The lowest BCUT2D eigenvalue weighted by atomic mass is 9.93. The lowest BCUT2D eigenvalue weighted by Crippen LogP contribution is -2.19. The Hall–Kier alpha value is -4.44. The molecule has 1 N–H and O–H groups in total. The first kappa shape index (κ1) is 26.8. The summed E-state index contributed by atoms with van der Waals surface area (Å²) in [6.45, 7) is 0. The second-order valence-corrected chi connectivity index (χ2v) is 11.0. The van der Waals surface area contributed by atoms with Crippen LogP contribution in [0.1, 0.15) is 49.3 Å². The number of nitrogens with zero attached hydrogens (tertiary/aromatic N) is 3. The van der Waals surface area contributed by atoms with Gasteiger partial charge in [-0.3, -0.25) is 9.78 Å². The third-order valence-electron chi connectivity index (χ3n) is 7.48. The van der Waals surface area contributed by atoms with Crippen molar-refractivity contribution in [1.29, 1.82) is 5.26 Å². The molecule has 1 saturated carbocycles. The molecule has 8 nitrogen and oxygen atoms in total. The van der Waals surface area contributed by atoms with Crippen LogP contribution in [0.5, 0.6) is 5.75 Å². The number of alkyl halides is 3. The summed E-state index contributed by atoms with van der Waals surface area (Å²) >= 11 is 0. The molecule has 41 heavy (non-hydrogen) atoms. The minimum atomic E-state index is -5.45. The molecule has 6 rings (SSSR count). The van der Waals surface area contributed by atoms with Gasteiger partial charge in [-0.25, -0.2) is 0 Å². The van der Waals surface area contributed by atoms with Crippen molar-refractivity contribution in [3.63, 3.8) is 0 Å². The molecular weight excluding hydrogens is 564 g/mol. The van der Waals surface area contributed by atoms with Crippen LogP contribution in [0.4, 0.5) is 17.1 Å². The minimum absolute atomic E-state index is 0.132. The van der Waals surface area contributed by atoms with Crippen LogP contribution in [0.15, 0.2) is 53.6 Å². The SMILES string of the molecule is N#Cc1ccc2c(c1)[nH]c1c2c(=O)c2cc(C(F)(F)F)c(-c3cncc(OS(=O)(=O)F)c3)cc2n1C1CCCCC1. The zero-order chi connectivity index (χ0) is 29.1. The Kier molecular flexibility index (Phi) is 6.26. The molecule has 0 amide bonds. The fourth-order valence-electron chi connectivity index (χ4n) is 5.81. The number of fused-ring (bicyclic) bond motifs is 4. The van der Waals surface area contributed by atoms with Gasteiger partial charge in [-0.1, -0.05) is 29.2 Å². The Bertz CT molecular complexity index is 2070. The Balaban J connectivity index is 1.74. The molecule has 1 fully saturated rings. The number of nitrogens with one attached hydrogen (secondary N) is 1. The average Bonchev–Trinajstić information content (AvgIpc) is 3.30. The monoisotopic (exact) mass is 584 g/mol. The molecule has 2 aromatic carbocycles. The standard InChI is InChI=1S/C28H20F4N4O4S/c29-28(30,31)22-10-21-24(11-20(22)16-9-18(14-34-13-16)40-41(32,38)39)36(17-4-2-1-3-5-17)27-25(26(21)37)19-7-6-15(12-33)8-23(19)35-27/h6-11,13-14,17,35H,1-5H2. The van der Waals surface area contributed by atoms with Gasteiger partial charge in [-0.05, 0) is 48.7 Å². The average molecular weight is 585 g/mol. The highest BCUT2D eigenvalue weighted by atomic mass is 32.3. The summed E-state index contributed by atoms with van der Waals surface area (Å²) in [4.78, 5) is 20.9. The van der Waals surface area contributed by atoms with Gasteiger partial charge >= 0.3 is 16.7 Å². The van der Waals surface area contributed by atoms with Gasteiger partial charge in [-0.15, -0.1) is 0 Å². The summed E-state index contributed by atoms with van der Waals surface area (Å²) < 4.78 is 84.6. The first-order valence-electron chi connectivity index (χ1n) is 12.7. The number of H-pyrrole nitrogens is 1. The lowest BCUT2D eigenvalue weighted by Gasteiger charge is -2.28. The molecule has 3 aromatic heterocycles. The summed E-state index contributed by atoms with van der Waals surface area (Å²) in [7, 11) is -5.45. The van der Waals surface area contributed by atoms with E-state index in [1.807, 2.05) is 10.6 Å². The van der Waals surface area contributed by atoms with Crippen LogP contribution in [-0.4, -0.2) is 23.0 Å². The van der Waals surface area contributed by atoms with E-state index in [0.29, 0.717) is 22.1 Å². The fraction of sp³-hybridized carbons (Fsp3) is 0.250. The zero-order valence-electron chi connectivity index (χ0n) is 21.1. The van der Waals surface area contributed by atoms with Crippen LogP contribution in [-0.2, 0) is 16.7 Å². The van der Waals surface area contributed by atoms with Crippen LogP contribution in [0.3, 0.4) is 0 Å². The topological polar surface area (TPSA) is 118 Å². The zero-order valence-corrected chi connectivity index (χ0v) is 21.9. The number of aromatic nitrogens is 3. The predicted octanol–water partition coefficient (Wildman–Crippen LogP) is 6.69. The quantitative estimate of drug-likeness (QED) is 0.186. The number of hydrogen-bond acceptors (Lipinski definition) is 6.